The summed E-state index contributed by atoms with van der Waals surface area (Å²) in [5.74, 6) is -0.0759. The summed E-state index contributed by atoms with van der Waals surface area (Å²) < 4.78 is 1.88. The van der Waals surface area contributed by atoms with Crippen LogP contribution in [0.2, 0.25) is 0 Å². The van der Waals surface area contributed by atoms with E-state index in [0.29, 0.717) is 19.1 Å². The maximum atomic E-state index is 10.9. The Morgan fingerprint density at radius 1 is 1.41 bits per heavy atom. The number of likely N-dealkylation sites (tertiary alicyclic amines) is 1. The van der Waals surface area contributed by atoms with Crippen LogP contribution in [0.15, 0.2) is 0 Å². The van der Waals surface area contributed by atoms with Gasteiger partial charge in [-0.15, -0.1) is 5.10 Å². The van der Waals surface area contributed by atoms with Gasteiger partial charge in [-0.05, 0) is 36.2 Å². The van der Waals surface area contributed by atoms with E-state index < -0.39 is 5.97 Å². The Bertz CT molecular complexity index is 428. The SMILES string of the molecule is O=C(O)[C@H]1CCN(Cc2nnnn2C2CC2)C1. The molecule has 2 aliphatic rings. The minimum Gasteiger partial charge on any atom is -0.481 e. The average molecular weight is 237 g/mol. The second kappa shape index (κ2) is 4.06. The van der Waals surface area contributed by atoms with Crippen LogP contribution in [0, 0.1) is 5.92 Å². The van der Waals surface area contributed by atoms with Gasteiger partial charge in [-0.3, -0.25) is 9.69 Å². The number of hydrogen-bond donors (Lipinski definition) is 1. The quantitative estimate of drug-likeness (QED) is 0.788. The third-order valence-corrected chi connectivity index (χ3v) is 3.44. The van der Waals surface area contributed by atoms with Gasteiger partial charge in [0, 0.05) is 6.54 Å². The van der Waals surface area contributed by atoms with Gasteiger partial charge in [0.2, 0.25) is 0 Å². The van der Waals surface area contributed by atoms with Crippen LogP contribution in [-0.4, -0.2) is 49.3 Å². The smallest absolute Gasteiger partial charge is 0.307 e. The standard InChI is InChI=1S/C10H15N5O2/c16-10(17)7-3-4-14(5-7)6-9-11-12-13-15(9)8-1-2-8/h7-8H,1-6H2,(H,16,17)/t7-/m0/s1. The fourth-order valence-corrected chi connectivity index (χ4v) is 2.30. The molecular weight excluding hydrogens is 222 g/mol. The lowest BCUT2D eigenvalue weighted by Gasteiger charge is -2.14. The highest BCUT2D eigenvalue weighted by Gasteiger charge is 2.31. The number of rotatable bonds is 4. The number of hydrogen-bond acceptors (Lipinski definition) is 5. The van der Waals surface area contributed by atoms with Crippen molar-refractivity contribution in [2.75, 3.05) is 13.1 Å². The minimum absolute atomic E-state index is 0.236. The number of nitrogens with zero attached hydrogens (tertiary/aromatic N) is 5. The monoisotopic (exact) mass is 237 g/mol. The maximum absolute atomic E-state index is 10.9. The first-order valence-corrected chi connectivity index (χ1v) is 5.96. The van der Waals surface area contributed by atoms with Crippen LogP contribution >= 0.6 is 0 Å². The summed E-state index contributed by atoms with van der Waals surface area (Å²) >= 11 is 0. The molecular formula is C10H15N5O2. The molecule has 0 amide bonds. The lowest BCUT2D eigenvalue weighted by molar-refractivity contribution is -0.141. The average Bonchev–Trinajstić information content (AvgIpc) is 2.86. The van der Waals surface area contributed by atoms with Crippen molar-refractivity contribution in [1.29, 1.82) is 0 Å². The third kappa shape index (κ3) is 2.14. The topological polar surface area (TPSA) is 84.1 Å². The van der Waals surface area contributed by atoms with E-state index in [2.05, 4.69) is 20.4 Å². The molecule has 17 heavy (non-hydrogen) atoms. The number of carboxylic acids is 1. The molecule has 92 valence electrons. The predicted molar refractivity (Wildman–Crippen MR) is 57.1 cm³/mol. The molecule has 0 spiro atoms. The predicted octanol–water partition coefficient (Wildman–Crippen LogP) is -0.0855. The van der Waals surface area contributed by atoms with Crippen molar-refractivity contribution in [2.45, 2.75) is 31.8 Å². The van der Waals surface area contributed by atoms with Gasteiger partial charge in [0.25, 0.3) is 0 Å². The van der Waals surface area contributed by atoms with E-state index >= 15 is 0 Å². The molecule has 1 atom stereocenters. The molecule has 1 saturated heterocycles. The maximum Gasteiger partial charge on any atom is 0.307 e. The highest BCUT2D eigenvalue weighted by Crippen LogP contribution is 2.34. The molecule has 2 fully saturated rings. The molecule has 1 aliphatic carbocycles. The van der Waals surface area contributed by atoms with Crippen molar-refractivity contribution in [3.63, 3.8) is 0 Å². The summed E-state index contributed by atoms with van der Waals surface area (Å²) in [6, 6.07) is 0.470. The zero-order valence-corrected chi connectivity index (χ0v) is 9.49. The first-order valence-electron chi connectivity index (χ1n) is 5.96. The van der Waals surface area contributed by atoms with E-state index in [9.17, 15) is 4.79 Å². The number of carboxylic acid groups (broad SMARTS) is 1. The molecule has 7 nitrogen and oxygen atoms in total. The Kier molecular flexibility index (Phi) is 2.54. The van der Waals surface area contributed by atoms with Gasteiger partial charge in [0.1, 0.15) is 0 Å². The van der Waals surface area contributed by atoms with Gasteiger partial charge in [-0.25, -0.2) is 4.68 Å². The second-order valence-electron chi connectivity index (χ2n) is 4.83. The van der Waals surface area contributed by atoms with E-state index in [0.717, 1.165) is 31.6 Å². The summed E-state index contributed by atoms with van der Waals surface area (Å²) in [4.78, 5) is 13.0. The van der Waals surface area contributed by atoms with Crippen LogP contribution in [0.25, 0.3) is 0 Å². The number of carbonyl (C=O) groups is 1. The molecule has 0 bridgehead atoms. The van der Waals surface area contributed by atoms with E-state index in [1.807, 2.05) is 4.68 Å². The first kappa shape index (κ1) is 10.6. The second-order valence-corrected chi connectivity index (χ2v) is 4.83. The van der Waals surface area contributed by atoms with Crippen LogP contribution in [0.1, 0.15) is 31.1 Å². The van der Waals surface area contributed by atoms with E-state index in [-0.39, 0.29) is 5.92 Å². The Morgan fingerprint density at radius 2 is 2.24 bits per heavy atom. The lowest BCUT2D eigenvalue weighted by Crippen LogP contribution is -2.24. The van der Waals surface area contributed by atoms with Crippen LogP contribution < -0.4 is 0 Å². The van der Waals surface area contributed by atoms with Gasteiger partial charge in [0.15, 0.2) is 5.82 Å². The summed E-state index contributed by atoms with van der Waals surface area (Å²) in [5.41, 5.74) is 0. The summed E-state index contributed by atoms with van der Waals surface area (Å²) in [6.07, 6.45) is 3.02. The Hall–Kier alpha value is -1.50. The van der Waals surface area contributed by atoms with Crippen LogP contribution in [-0.2, 0) is 11.3 Å². The number of aliphatic carboxylic acids is 1. The third-order valence-electron chi connectivity index (χ3n) is 3.44. The van der Waals surface area contributed by atoms with Crippen molar-refractivity contribution < 1.29 is 9.90 Å². The van der Waals surface area contributed by atoms with Crippen molar-refractivity contribution in [2.24, 2.45) is 5.92 Å². The van der Waals surface area contributed by atoms with Crippen LogP contribution in [0.3, 0.4) is 0 Å². The van der Waals surface area contributed by atoms with Gasteiger partial charge in [-0.2, -0.15) is 0 Å². The first-order chi connectivity index (χ1) is 8.24. The fourth-order valence-electron chi connectivity index (χ4n) is 2.30. The van der Waals surface area contributed by atoms with Gasteiger partial charge < -0.3 is 5.11 Å². The highest BCUT2D eigenvalue weighted by atomic mass is 16.4. The van der Waals surface area contributed by atoms with Gasteiger partial charge in [-0.1, -0.05) is 0 Å². The van der Waals surface area contributed by atoms with Crippen LogP contribution in [0.4, 0.5) is 0 Å². The van der Waals surface area contributed by atoms with E-state index in [1.165, 1.54) is 0 Å². The van der Waals surface area contributed by atoms with Gasteiger partial charge >= 0.3 is 5.97 Å². The molecule has 7 heteroatoms. The Labute approximate surface area is 98.4 Å². The molecule has 0 unspecified atom stereocenters. The summed E-state index contributed by atoms with van der Waals surface area (Å²) in [6.45, 7) is 2.08. The van der Waals surface area contributed by atoms with Crippen LogP contribution in [0.5, 0.6) is 0 Å². The Morgan fingerprint density at radius 3 is 2.88 bits per heavy atom. The highest BCUT2D eigenvalue weighted by molar-refractivity contribution is 5.70. The molecule has 0 aromatic carbocycles. The molecule has 3 rings (SSSR count). The molecule has 2 heterocycles. The lowest BCUT2D eigenvalue weighted by atomic mass is 10.1. The fraction of sp³-hybridized carbons (Fsp3) is 0.800. The summed E-state index contributed by atoms with van der Waals surface area (Å²) in [7, 11) is 0. The van der Waals surface area contributed by atoms with E-state index in [1.54, 1.807) is 0 Å². The number of aromatic nitrogens is 4. The normalized spacial score (nSPS) is 25.3. The molecule has 1 aromatic rings. The zero-order valence-electron chi connectivity index (χ0n) is 9.49. The summed E-state index contributed by atoms with van der Waals surface area (Å²) in [5, 5.41) is 20.6. The van der Waals surface area contributed by atoms with Crippen molar-refractivity contribution >= 4 is 5.97 Å². The van der Waals surface area contributed by atoms with Crippen molar-refractivity contribution in [3.8, 4) is 0 Å². The minimum atomic E-state index is -0.700. The molecule has 0 radical (unpaired) electrons. The van der Waals surface area contributed by atoms with E-state index in [4.69, 9.17) is 5.11 Å². The Balaban J connectivity index is 1.63. The van der Waals surface area contributed by atoms with Gasteiger partial charge in [0.05, 0.1) is 18.5 Å². The molecule has 1 N–H and O–H groups in total. The van der Waals surface area contributed by atoms with Crippen molar-refractivity contribution in [3.05, 3.63) is 5.82 Å². The largest absolute Gasteiger partial charge is 0.481 e. The zero-order chi connectivity index (χ0) is 11.8. The molecule has 1 aromatic heterocycles. The van der Waals surface area contributed by atoms with Crippen molar-refractivity contribution in [1.82, 2.24) is 25.1 Å². The molecule has 1 saturated carbocycles. The molecule has 1 aliphatic heterocycles. The number of tetrazole rings is 1.